The molecule has 1 aliphatic rings. The van der Waals surface area contributed by atoms with Gasteiger partial charge in [0.2, 0.25) is 11.0 Å². The number of hydrogen-bond donors (Lipinski definition) is 1. The van der Waals surface area contributed by atoms with Crippen molar-refractivity contribution in [1.82, 2.24) is 15.1 Å². The maximum Gasteiger partial charge on any atom is 0.415 e. The third kappa shape index (κ3) is 4.89. The molecule has 0 radical (unpaired) electrons. The Kier molecular flexibility index (Phi) is 5.70. The molecule has 0 aliphatic carbocycles. The molecule has 2 rings (SSSR count). The highest BCUT2D eigenvalue weighted by Crippen LogP contribution is 2.25. The molecular formula is C12H17F3N4O2S. The number of nitrogens with one attached hydrogen (secondary N) is 1. The summed E-state index contributed by atoms with van der Waals surface area (Å²) in [6, 6.07) is 0. The van der Waals surface area contributed by atoms with Crippen LogP contribution in [0.5, 0.6) is 0 Å². The van der Waals surface area contributed by atoms with E-state index in [1.54, 1.807) is 4.90 Å². The van der Waals surface area contributed by atoms with Gasteiger partial charge < -0.3 is 10.1 Å². The molecule has 0 aromatic carbocycles. The van der Waals surface area contributed by atoms with Crippen LogP contribution >= 0.6 is 11.3 Å². The highest BCUT2D eigenvalue weighted by atomic mass is 32.1. The second-order valence-corrected chi connectivity index (χ2v) is 5.92. The zero-order chi connectivity index (χ0) is 16.2. The van der Waals surface area contributed by atoms with Crippen molar-refractivity contribution in [2.24, 2.45) is 0 Å². The van der Waals surface area contributed by atoms with Crippen molar-refractivity contribution in [2.45, 2.75) is 32.0 Å². The number of carbonyl (C=O) groups excluding carboxylic acids is 1. The number of halogens is 3. The minimum atomic E-state index is -4.37. The second kappa shape index (κ2) is 7.34. The van der Waals surface area contributed by atoms with Crippen LogP contribution in [0.25, 0.3) is 0 Å². The molecule has 0 saturated carbocycles. The summed E-state index contributed by atoms with van der Waals surface area (Å²) in [5, 5.41) is 11.5. The zero-order valence-electron chi connectivity index (χ0n) is 12.0. The normalized spacial score (nSPS) is 20.1. The molecule has 124 valence electrons. The van der Waals surface area contributed by atoms with Crippen molar-refractivity contribution in [3.8, 4) is 0 Å². The van der Waals surface area contributed by atoms with Crippen LogP contribution in [-0.2, 0) is 16.0 Å². The Balaban J connectivity index is 1.76. The molecule has 1 amide bonds. The summed E-state index contributed by atoms with van der Waals surface area (Å²) in [4.78, 5) is 13.4. The van der Waals surface area contributed by atoms with Gasteiger partial charge in [0.1, 0.15) is 5.01 Å². The third-order valence-electron chi connectivity index (χ3n) is 3.19. The number of anilines is 1. The fourth-order valence-corrected chi connectivity index (χ4v) is 2.69. The number of morpholine rings is 1. The van der Waals surface area contributed by atoms with Gasteiger partial charge in [-0.2, -0.15) is 13.2 Å². The first-order valence-electron chi connectivity index (χ1n) is 6.91. The van der Waals surface area contributed by atoms with E-state index in [1.165, 1.54) is 11.3 Å². The molecule has 6 nitrogen and oxygen atoms in total. The van der Waals surface area contributed by atoms with Gasteiger partial charge >= 0.3 is 6.18 Å². The predicted molar refractivity (Wildman–Crippen MR) is 74.8 cm³/mol. The van der Waals surface area contributed by atoms with E-state index in [0.717, 1.165) is 11.4 Å². The molecule has 0 spiro atoms. The van der Waals surface area contributed by atoms with Crippen LogP contribution in [0, 0.1) is 0 Å². The average Bonchev–Trinajstić information content (AvgIpc) is 2.92. The van der Waals surface area contributed by atoms with Gasteiger partial charge in [0, 0.05) is 26.1 Å². The van der Waals surface area contributed by atoms with Gasteiger partial charge in [-0.15, -0.1) is 10.2 Å². The van der Waals surface area contributed by atoms with E-state index in [2.05, 4.69) is 15.5 Å². The number of aromatic nitrogens is 2. The number of rotatable bonds is 5. The minimum absolute atomic E-state index is 0.0159. The van der Waals surface area contributed by atoms with Crippen molar-refractivity contribution >= 4 is 22.4 Å². The van der Waals surface area contributed by atoms with Gasteiger partial charge in [-0.1, -0.05) is 18.3 Å². The molecule has 1 atom stereocenters. The van der Waals surface area contributed by atoms with Crippen molar-refractivity contribution in [1.29, 1.82) is 0 Å². The SMILES string of the molecule is CCc1nnc(NC(=O)CCN2CCO[C@@H](C(F)(F)F)C2)s1. The van der Waals surface area contributed by atoms with Crippen LogP contribution in [0.2, 0.25) is 0 Å². The van der Waals surface area contributed by atoms with Crippen molar-refractivity contribution < 1.29 is 22.7 Å². The van der Waals surface area contributed by atoms with Crippen molar-refractivity contribution in [3.05, 3.63) is 5.01 Å². The Hall–Kier alpha value is -1.26. The number of ether oxygens (including phenoxy) is 1. The number of carbonyl (C=O) groups is 1. The van der Waals surface area contributed by atoms with Gasteiger partial charge in [0.25, 0.3) is 0 Å². The number of alkyl halides is 3. The van der Waals surface area contributed by atoms with Crippen LogP contribution in [-0.4, -0.2) is 59.5 Å². The average molecular weight is 338 g/mol. The first-order valence-corrected chi connectivity index (χ1v) is 7.73. The lowest BCUT2D eigenvalue weighted by Gasteiger charge is -2.33. The van der Waals surface area contributed by atoms with Gasteiger partial charge in [0.05, 0.1) is 6.61 Å². The first kappa shape index (κ1) is 17.1. The van der Waals surface area contributed by atoms with Crippen LogP contribution < -0.4 is 5.32 Å². The quantitative estimate of drug-likeness (QED) is 0.885. The van der Waals surface area contributed by atoms with Crippen LogP contribution in [0.3, 0.4) is 0 Å². The minimum Gasteiger partial charge on any atom is -0.366 e. The number of aryl methyl sites for hydroxylation is 1. The molecule has 1 fully saturated rings. The third-order valence-corrected chi connectivity index (χ3v) is 4.17. The predicted octanol–water partition coefficient (Wildman–Crippen LogP) is 1.69. The van der Waals surface area contributed by atoms with E-state index in [-0.39, 0.29) is 32.0 Å². The summed E-state index contributed by atoms with van der Waals surface area (Å²) in [6.07, 6.45) is -5.31. The summed E-state index contributed by atoms with van der Waals surface area (Å²) in [7, 11) is 0. The summed E-state index contributed by atoms with van der Waals surface area (Å²) in [5.41, 5.74) is 0. The zero-order valence-corrected chi connectivity index (χ0v) is 12.8. The summed E-state index contributed by atoms with van der Waals surface area (Å²) >= 11 is 1.29. The first-order chi connectivity index (χ1) is 10.4. The summed E-state index contributed by atoms with van der Waals surface area (Å²) in [5.74, 6) is -0.283. The molecule has 10 heteroatoms. The molecule has 0 bridgehead atoms. The highest BCUT2D eigenvalue weighted by molar-refractivity contribution is 7.15. The Morgan fingerprint density at radius 1 is 1.50 bits per heavy atom. The van der Waals surface area contributed by atoms with E-state index < -0.39 is 12.3 Å². The molecule has 1 aromatic rings. The Labute approximate surface area is 129 Å². The topological polar surface area (TPSA) is 67.4 Å². The standard InChI is InChI=1S/C12H17F3N4O2S/c1-2-10-17-18-11(22-10)16-9(20)3-4-19-5-6-21-8(7-19)12(13,14)15/h8H,2-7H2,1H3,(H,16,18,20)/t8-/m1/s1. The summed E-state index contributed by atoms with van der Waals surface area (Å²) in [6.45, 7) is 2.35. The van der Waals surface area contributed by atoms with E-state index in [4.69, 9.17) is 4.74 Å². The maximum absolute atomic E-state index is 12.6. The van der Waals surface area contributed by atoms with Gasteiger partial charge in [-0.25, -0.2) is 0 Å². The van der Waals surface area contributed by atoms with E-state index in [9.17, 15) is 18.0 Å². The molecule has 1 aliphatic heterocycles. The smallest absolute Gasteiger partial charge is 0.366 e. The molecule has 1 aromatic heterocycles. The lowest BCUT2D eigenvalue weighted by Crippen LogP contribution is -2.49. The van der Waals surface area contributed by atoms with Crippen LogP contribution in [0.4, 0.5) is 18.3 Å². The Morgan fingerprint density at radius 3 is 2.91 bits per heavy atom. The van der Waals surface area contributed by atoms with Gasteiger partial charge in [-0.3, -0.25) is 9.69 Å². The van der Waals surface area contributed by atoms with Gasteiger partial charge in [0.15, 0.2) is 6.10 Å². The lowest BCUT2D eigenvalue weighted by molar-refractivity contribution is -0.237. The fraction of sp³-hybridized carbons (Fsp3) is 0.750. The highest BCUT2D eigenvalue weighted by Gasteiger charge is 2.43. The second-order valence-electron chi connectivity index (χ2n) is 4.85. The molecule has 1 saturated heterocycles. The Morgan fingerprint density at radius 2 is 2.27 bits per heavy atom. The van der Waals surface area contributed by atoms with Crippen molar-refractivity contribution in [3.63, 3.8) is 0 Å². The Bertz CT molecular complexity index is 509. The number of nitrogens with zero attached hydrogens (tertiary/aromatic N) is 3. The van der Waals surface area contributed by atoms with Gasteiger partial charge in [-0.05, 0) is 6.42 Å². The molecule has 1 N–H and O–H groups in total. The molecule has 22 heavy (non-hydrogen) atoms. The molecule has 0 unspecified atom stereocenters. The molecular weight excluding hydrogens is 321 g/mol. The molecule has 2 heterocycles. The van der Waals surface area contributed by atoms with Crippen molar-refractivity contribution in [2.75, 3.05) is 31.6 Å². The van der Waals surface area contributed by atoms with Crippen LogP contribution in [0.1, 0.15) is 18.4 Å². The van der Waals surface area contributed by atoms with E-state index >= 15 is 0 Å². The number of hydrogen-bond acceptors (Lipinski definition) is 6. The largest absolute Gasteiger partial charge is 0.415 e. The fourth-order valence-electron chi connectivity index (χ4n) is 1.99. The lowest BCUT2D eigenvalue weighted by atomic mass is 10.2. The van der Waals surface area contributed by atoms with E-state index in [0.29, 0.717) is 11.7 Å². The maximum atomic E-state index is 12.6. The monoisotopic (exact) mass is 338 g/mol. The van der Waals surface area contributed by atoms with E-state index in [1.807, 2.05) is 6.92 Å². The number of amides is 1. The summed E-state index contributed by atoms with van der Waals surface area (Å²) < 4.78 is 42.5. The van der Waals surface area contributed by atoms with Crippen LogP contribution in [0.15, 0.2) is 0 Å².